The number of ether oxygens (including phenoxy) is 3. The number of pyridine rings is 2. The molecule has 0 unspecified atom stereocenters. The number of morpholine rings is 1. The van der Waals surface area contributed by atoms with Crippen LogP contribution in [0.2, 0.25) is 0 Å². The van der Waals surface area contributed by atoms with Crippen molar-refractivity contribution in [2.75, 3.05) is 43.5 Å². The van der Waals surface area contributed by atoms with E-state index in [9.17, 15) is 18.8 Å². The van der Waals surface area contributed by atoms with Gasteiger partial charge in [-0.15, -0.1) is 0 Å². The van der Waals surface area contributed by atoms with Crippen LogP contribution in [-0.4, -0.2) is 65.5 Å². The summed E-state index contributed by atoms with van der Waals surface area (Å²) in [5.41, 5.74) is -0.309. The molecular formula is C33H32BrF2N5O6. The average molecular weight is 713 g/mol. The number of rotatable bonds is 10. The molecule has 11 nitrogen and oxygen atoms in total. The van der Waals surface area contributed by atoms with Crippen LogP contribution in [0.3, 0.4) is 0 Å². The minimum Gasteiger partial charge on any atom is -0.475 e. The molecule has 6 rings (SSSR count). The Morgan fingerprint density at radius 3 is 2.38 bits per heavy atom. The predicted molar refractivity (Wildman–Crippen MR) is 173 cm³/mol. The minimum absolute atomic E-state index is 0.0576. The highest BCUT2D eigenvalue weighted by molar-refractivity contribution is 9.10. The maximum atomic E-state index is 15.2. The van der Waals surface area contributed by atoms with E-state index in [1.807, 2.05) is 13.8 Å². The SMILES string of the molecule is CC.O=C1COCCN1CCOc1ncc2c(Oc3ccc(NC(=O)C4(C(=O)Nc5ccc(F)cc5)CC4)cc3F)ccnc2c1Br. The fourth-order valence-corrected chi connectivity index (χ4v) is 5.29. The van der Waals surface area contributed by atoms with Crippen molar-refractivity contribution >= 4 is 55.9 Å². The number of hydrogen-bond donors (Lipinski definition) is 2. The quantitative estimate of drug-likeness (QED) is 0.189. The summed E-state index contributed by atoms with van der Waals surface area (Å²) in [5, 5.41) is 5.73. The van der Waals surface area contributed by atoms with E-state index < -0.39 is 28.9 Å². The number of carbonyl (C=O) groups is 3. The third-order valence-corrected chi connectivity index (χ3v) is 8.19. The zero-order valence-electron chi connectivity index (χ0n) is 25.6. The van der Waals surface area contributed by atoms with Gasteiger partial charge in [-0.25, -0.2) is 13.8 Å². The van der Waals surface area contributed by atoms with Gasteiger partial charge >= 0.3 is 0 Å². The Hall–Kier alpha value is -4.69. The number of benzene rings is 2. The molecule has 2 N–H and O–H groups in total. The van der Waals surface area contributed by atoms with Gasteiger partial charge in [0, 0.05) is 36.4 Å². The number of aromatic nitrogens is 2. The Labute approximate surface area is 277 Å². The van der Waals surface area contributed by atoms with Crippen LogP contribution in [0.15, 0.2) is 65.4 Å². The third kappa shape index (κ3) is 7.66. The molecule has 0 atom stereocenters. The van der Waals surface area contributed by atoms with Crippen LogP contribution < -0.4 is 20.1 Å². The van der Waals surface area contributed by atoms with Crippen molar-refractivity contribution < 1.29 is 37.4 Å². The van der Waals surface area contributed by atoms with E-state index in [1.54, 1.807) is 11.0 Å². The Kier molecular flexibility index (Phi) is 10.6. The molecule has 0 bridgehead atoms. The lowest BCUT2D eigenvalue weighted by Gasteiger charge is -2.26. The molecule has 2 aliphatic rings. The van der Waals surface area contributed by atoms with Crippen molar-refractivity contribution in [2.24, 2.45) is 5.41 Å². The maximum Gasteiger partial charge on any atom is 0.248 e. The van der Waals surface area contributed by atoms with Crippen molar-refractivity contribution in [3.05, 3.63) is 77.0 Å². The van der Waals surface area contributed by atoms with Crippen LogP contribution in [0.4, 0.5) is 20.2 Å². The van der Waals surface area contributed by atoms with Gasteiger partial charge in [-0.2, -0.15) is 0 Å². The smallest absolute Gasteiger partial charge is 0.248 e. The van der Waals surface area contributed by atoms with Crippen molar-refractivity contribution in [3.8, 4) is 17.4 Å². The standard InChI is InChI=1S/C31H26BrF2N5O6.C2H6/c32-26-27-21(16-36-28(26)44-14-12-39-11-13-43-17-25(39)40)23(7-10-35-27)45-24-6-5-20(15-22(24)34)38-30(42)31(8-9-31)29(41)37-19-3-1-18(33)2-4-19;1-2/h1-7,10,15-16H,8-9,11-14,17H2,(H,37,41)(H,38,42);1-2H3. The van der Waals surface area contributed by atoms with Gasteiger partial charge < -0.3 is 29.7 Å². The summed E-state index contributed by atoms with van der Waals surface area (Å²) < 4.78 is 45.6. The van der Waals surface area contributed by atoms with Crippen LogP contribution in [0.5, 0.6) is 17.4 Å². The topological polar surface area (TPSA) is 132 Å². The van der Waals surface area contributed by atoms with Gasteiger partial charge in [0.2, 0.25) is 23.6 Å². The van der Waals surface area contributed by atoms with Crippen LogP contribution in [0.25, 0.3) is 10.9 Å². The Morgan fingerprint density at radius 1 is 1.00 bits per heavy atom. The zero-order valence-corrected chi connectivity index (χ0v) is 27.2. The number of nitrogens with one attached hydrogen (secondary N) is 2. The lowest BCUT2D eigenvalue weighted by molar-refractivity contribution is -0.143. The molecule has 1 aliphatic carbocycles. The van der Waals surface area contributed by atoms with Gasteiger partial charge in [0.15, 0.2) is 11.6 Å². The number of nitrogens with zero attached hydrogens (tertiary/aromatic N) is 3. The highest BCUT2D eigenvalue weighted by Crippen LogP contribution is 2.47. The number of fused-ring (bicyclic) bond motifs is 1. The first-order valence-corrected chi connectivity index (χ1v) is 15.8. The van der Waals surface area contributed by atoms with E-state index in [0.717, 1.165) is 6.07 Å². The van der Waals surface area contributed by atoms with Crippen molar-refractivity contribution in [1.82, 2.24) is 14.9 Å². The molecule has 3 amide bonds. The number of hydrogen-bond acceptors (Lipinski definition) is 8. The highest BCUT2D eigenvalue weighted by Gasteiger charge is 2.56. The summed E-state index contributed by atoms with van der Waals surface area (Å²) in [5.74, 6) is -1.93. The van der Waals surface area contributed by atoms with Crippen molar-refractivity contribution in [1.29, 1.82) is 0 Å². The molecule has 2 aromatic heterocycles. The highest BCUT2D eigenvalue weighted by atomic mass is 79.9. The second-order valence-corrected chi connectivity index (χ2v) is 11.3. The van der Waals surface area contributed by atoms with Crippen LogP contribution >= 0.6 is 15.9 Å². The van der Waals surface area contributed by atoms with Crippen LogP contribution in [-0.2, 0) is 19.1 Å². The molecule has 1 saturated heterocycles. The van der Waals surface area contributed by atoms with E-state index in [0.29, 0.717) is 53.6 Å². The molecule has 4 aromatic rings. The van der Waals surface area contributed by atoms with Gasteiger partial charge in [-0.05, 0) is 71.2 Å². The lowest BCUT2D eigenvalue weighted by Crippen LogP contribution is -2.43. The normalized spacial score (nSPS) is 14.9. The first-order chi connectivity index (χ1) is 22.7. The first-order valence-electron chi connectivity index (χ1n) is 15.0. The number of amides is 3. The van der Waals surface area contributed by atoms with Gasteiger partial charge in [-0.3, -0.25) is 19.4 Å². The van der Waals surface area contributed by atoms with E-state index >= 15 is 4.39 Å². The molecule has 14 heteroatoms. The second-order valence-electron chi connectivity index (χ2n) is 10.5. The molecule has 47 heavy (non-hydrogen) atoms. The molecule has 1 aliphatic heterocycles. The molecule has 2 aromatic carbocycles. The largest absolute Gasteiger partial charge is 0.475 e. The average Bonchev–Trinajstić information content (AvgIpc) is 3.89. The summed E-state index contributed by atoms with van der Waals surface area (Å²) in [7, 11) is 0. The fourth-order valence-electron chi connectivity index (χ4n) is 4.76. The minimum atomic E-state index is -1.29. The zero-order chi connectivity index (χ0) is 33.6. The second kappa shape index (κ2) is 14.8. The molecule has 0 spiro atoms. The summed E-state index contributed by atoms with van der Waals surface area (Å²) >= 11 is 3.47. The van der Waals surface area contributed by atoms with E-state index in [1.165, 1.54) is 48.8 Å². The molecule has 2 fully saturated rings. The molecule has 3 heterocycles. The van der Waals surface area contributed by atoms with Gasteiger partial charge in [0.25, 0.3) is 0 Å². The Bertz CT molecular complexity index is 1790. The van der Waals surface area contributed by atoms with E-state index in [4.69, 9.17) is 14.2 Å². The lowest BCUT2D eigenvalue weighted by atomic mass is 10.0. The van der Waals surface area contributed by atoms with E-state index in [-0.39, 0.29) is 42.2 Å². The maximum absolute atomic E-state index is 15.2. The van der Waals surface area contributed by atoms with Crippen molar-refractivity contribution in [3.63, 3.8) is 0 Å². The van der Waals surface area contributed by atoms with Crippen LogP contribution in [0, 0.1) is 17.0 Å². The fraction of sp³-hybridized carbons (Fsp3) is 0.303. The van der Waals surface area contributed by atoms with Gasteiger partial charge in [-0.1, -0.05) is 13.8 Å². The molecule has 246 valence electrons. The Balaban J connectivity index is 0.00000213. The monoisotopic (exact) mass is 711 g/mol. The predicted octanol–water partition coefficient (Wildman–Crippen LogP) is 6.08. The van der Waals surface area contributed by atoms with Crippen LogP contribution in [0.1, 0.15) is 26.7 Å². The summed E-state index contributed by atoms with van der Waals surface area (Å²) in [6.45, 7) is 5.63. The van der Waals surface area contributed by atoms with Crippen molar-refractivity contribution in [2.45, 2.75) is 26.7 Å². The third-order valence-electron chi connectivity index (χ3n) is 7.47. The summed E-state index contributed by atoms with van der Waals surface area (Å²) in [4.78, 5) is 48.1. The Morgan fingerprint density at radius 2 is 1.70 bits per heavy atom. The summed E-state index contributed by atoms with van der Waals surface area (Å²) in [6.07, 6.45) is 3.65. The first kappa shape index (κ1) is 33.7. The summed E-state index contributed by atoms with van der Waals surface area (Å²) in [6, 6.07) is 10.7. The molecule has 1 saturated carbocycles. The number of anilines is 2. The van der Waals surface area contributed by atoms with Gasteiger partial charge in [0.1, 0.15) is 34.7 Å². The number of halogens is 3. The molecule has 0 radical (unpaired) electrons. The molecular weight excluding hydrogens is 680 g/mol. The van der Waals surface area contributed by atoms with E-state index in [2.05, 4.69) is 36.5 Å². The number of carbonyl (C=O) groups excluding carboxylic acids is 3. The van der Waals surface area contributed by atoms with Gasteiger partial charge in [0.05, 0.1) is 24.1 Å².